The monoisotopic (exact) mass is 451 g/mol. The van der Waals surface area contributed by atoms with Crippen LogP contribution in [0.25, 0.3) is 0 Å². The summed E-state index contributed by atoms with van der Waals surface area (Å²) in [7, 11) is 0. The number of benzene rings is 3. The number of rotatable bonds is 6. The zero-order chi connectivity index (χ0) is 21.8. The molecule has 1 heterocycles. The molecule has 1 N–H and O–H groups in total. The first-order chi connectivity index (χ1) is 15.1. The van der Waals surface area contributed by atoms with Gasteiger partial charge in [-0.05, 0) is 61.0 Å². The van der Waals surface area contributed by atoms with E-state index in [9.17, 15) is 4.79 Å². The molecule has 3 aromatic carbocycles. The Balaban J connectivity index is 1.87. The molecule has 0 spiro atoms. The summed E-state index contributed by atoms with van der Waals surface area (Å²) in [6, 6.07) is 22.2. The first-order valence-corrected chi connectivity index (χ1v) is 11.1. The van der Waals surface area contributed by atoms with Crippen LogP contribution in [0.15, 0.2) is 77.8 Å². The van der Waals surface area contributed by atoms with Crippen molar-refractivity contribution in [2.45, 2.75) is 25.8 Å². The molecule has 0 bridgehead atoms. The number of unbranched alkanes of at least 4 members (excludes halogenated alkanes) is 1. The van der Waals surface area contributed by atoms with E-state index in [2.05, 4.69) is 12.2 Å². The van der Waals surface area contributed by atoms with Gasteiger partial charge in [0.15, 0.2) is 0 Å². The number of fused-ring (bicyclic) bond motifs is 1. The van der Waals surface area contributed by atoms with Crippen molar-refractivity contribution in [2.24, 2.45) is 4.99 Å². The van der Waals surface area contributed by atoms with E-state index in [0.29, 0.717) is 22.4 Å². The largest absolute Gasteiger partial charge is 0.354 e. The fraction of sp³-hybridized carbons (Fsp3) is 0.200. The second-order valence-corrected chi connectivity index (χ2v) is 8.27. The van der Waals surface area contributed by atoms with Gasteiger partial charge in [0.25, 0.3) is 0 Å². The van der Waals surface area contributed by atoms with Gasteiger partial charge in [-0.1, -0.05) is 54.7 Å². The van der Waals surface area contributed by atoms with Crippen molar-refractivity contribution < 1.29 is 4.79 Å². The van der Waals surface area contributed by atoms with Crippen LogP contribution in [-0.2, 0) is 4.79 Å². The average Bonchev–Trinajstić information content (AvgIpc) is 2.79. The lowest BCUT2D eigenvalue weighted by Crippen LogP contribution is -2.46. The molecule has 31 heavy (non-hydrogen) atoms. The fourth-order valence-electron chi connectivity index (χ4n) is 3.67. The van der Waals surface area contributed by atoms with Gasteiger partial charge >= 0.3 is 0 Å². The second-order valence-electron chi connectivity index (χ2n) is 7.39. The van der Waals surface area contributed by atoms with Gasteiger partial charge in [0.2, 0.25) is 5.91 Å². The molecule has 0 aliphatic carbocycles. The lowest BCUT2D eigenvalue weighted by molar-refractivity contribution is -0.122. The second kappa shape index (κ2) is 9.54. The minimum Gasteiger partial charge on any atom is -0.354 e. The van der Waals surface area contributed by atoms with E-state index in [4.69, 9.17) is 28.2 Å². The Morgan fingerprint density at radius 2 is 1.61 bits per heavy atom. The summed E-state index contributed by atoms with van der Waals surface area (Å²) >= 11 is 12.3. The number of hydrogen-bond acceptors (Lipinski definition) is 3. The molecule has 6 heteroatoms. The van der Waals surface area contributed by atoms with Gasteiger partial charge in [0.1, 0.15) is 11.9 Å². The minimum absolute atomic E-state index is 0.0581. The lowest BCUT2D eigenvalue weighted by Gasteiger charge is -2.37. The molecule has 1 aliphatic heterocycles. The highest BCUT2D eigenvalue weighted by molar-refractivity contribution is 6.31. The maximum absolute atomic E-state index is 13.5. The van der Waals surface area contributed by atoms with E-state index in [1.807, 2.05) is 77.7 Å². The van der Waals surface area contributed by atoms with E-state index in [0.717, 1.165) is 35.3 Å². The SMILES string of the molecule is CCCCNC(=O)C1c2ccccc2N=C(c2ccc(Cl)cc2)N1c1ccc(Cl)cc1. The van der Waals surface area contributed by atoms with Crippen molar-refractivity contribution in [1.82, 2.24) is 5.32 Å². The molecular weight excluding hydrogens is 429 g/mol. The Morgan fingerprint density at radius 1 is 0.968 bits per heavy atom. The molecule has 158 valence electrons. The minimum atomic E-state index is -0.558. The predicted molar refractivity (Wildman–Crippen MR) is 129 cm³/mol. The number of halogens is 2. The van der Waals surface area contributed by atoms with Crippen LogP contribution in [-0.4, -0.2) is 18.3 Å². The summed E-state index contributed by atoms with van der Waals surface area (Å²) in [5.41, 5.74) is 3.36. The fourth-order valence-corrected chi connectivity index (χ4v) is 3.92. The molecule has 1 atom stereocenters. The average molecular weight is 452 g/mol. The van der Waals surface area contributed by atoms with E-state index in [1.165, 1.54) is 0 Å². The van der Waals surface area contributed by atoms with Crippen LogP contribution in [0.2, 0.25) is 10.0 Å². The number of anilines is 1. The zero-order valence-electron chi connectivity index (χ0n) is 17.2. The molecule has 0 saturated heterocycles. The molecule has 3 aromatic rings. The topological polar surface area (TPSA) is 44.7 Å². The van der Waals surface area contributed by atoms with Gasteiger partial charge in [0, 0.05) is 33.4 Å². The maximum atomic E-state index is 13.5. The van der Waals surface area contributed by atoms with Crippen LogP contribution in [0.5, 0.6) is 0 Å². The quantitative estimate of drug-likeness (QED) is 0.431. The Hall–Kier alpha value is -2.82. The summed E-state index contributed by atoms with van der Waals surface area (Å²) in [6.45, 7) is 2.74. The number of para-hydroxylation sites is 1. The normalized spacial score (nSPS) is 15.3. The molecule has 4 rings (SSSR count). The number of aliphatic imine (C=N–C) groups is 1. The molecule has 0 radical (unpaired) electrons. The van der Waals surface area contributed by atoms with Crippen molar-refractivity contribution in [3.05, 3.63) is 94.0 Å². The Morgan fingerprint density at radius 3 is 2.29 bits per heavy atom. The van der Waals surface area contributed by atoms with Gasteiger partial charge in [-0.25, -0.2) is 4.99 Å². The van der Waals surface area contributed by atoms with Gasteiger partial charge in [-0.3, -0.25) is 4.79 Å². The van der Waals surface area contributed by atoms with Gasteiger partial charge in [0.05, 0.1) is 5.69 Å². The summed E-state index contributed by atoms with van der Waals surface area (Å²) in [4.78, 5) is 20.4. The molecular formula is C25H23Cl2N3O. The Labute approximate surface area is 192 Å². The van der Waals surface area contributed by atoms with E-state index in [1.54, 1.807) is 0 Å². The van der Waals surface area contributed by atoms with Crippen LogP contribution in [0, 0.1) is 0 Å². The Bertz CT molecular complexity index is 1090. The van der Waals surface area contributed by atoms with Crippen molar-refractivity contribution in [2.75, 3.05) is 11.4 Å². The first-order valence-electron chi connectivity index (χ1n) is 10.3. The molecule has 1 aliphatic rings. The van der Waals surface area contributed by atoms with Crippen LogP contribution in [0.4, 0.5) is 11.4 Å². The molecule has 0 saturated carbocycles. The predicted octanol–water partition coefficient (Wildman–Crippen LogP) is 6.55. The van der Waals surface area contributed by atoms with Gasteiger partial charge in [-0.15, -0.1) is 0 Å². The van der Waals surface area contributed by atoms with Crippen LogP contribution in [0.3, 0.4) is 0 Å². The van der Waals surface area contributed by atoms with E-state index >= 15 is 0 Å². The molecule has 1 unspecified atom stereocenters. The van der Waals surface area contributed by atoms with Crippen LogP contribution in [0.1, 0.15) is 36.9 Å². The van der Waals surface area contributed by atoms with Crippen LogP contribution >= 0.6 is 23.2 Å². The third kappa shape index (κ3) is 4.60. The highest BCUT2D eigenvalue weighted by Gasteiger charge is 2.36. The lowest BCUT2D eigenvalue weighted by atomic mass is 9.97. The van der Waals surface area contributed by atoms with Crippen molar-refractivity contribution in [3.63, 3.8) is 0 Å². The number of amidine groups is 1. The van der Waals surface area contributed by atoms with Crippen LogP contribution < -0.4 is 10.2 Å². The van der Waals surface area contributed by atoms with Crippen molar-refractivity contribution >= 4 is 46.3 Å². The van der Waals surface area contributed by atoms with Crippen molar-refractivity contribution in [1.29, 1.82) is 0 Å². The van der Waals surface area contributed by atoms with Gasteiger partial charge in [-0.2, -0.15) is 0 Å². The number of hydrogen-bond donors (Lipinski definition) is 1. The van der Waals surface area contributed by atoms with Gasteiger partial charge < -0.3 is 10.2 Å². The number of amides is 1. The molecule has 0 aromatic heterocycles. The first kappa shape index (κ1) is 21.4. The van der Waals surface area contributed by atoms with E-state index in [-0.39, 0.29) is 5.91 Å². The third-order valence-electron chi connectivity index (χ3n) is 5.23. The maximum Gasteiger partial charge on any atom is 0.247 e. The number of carbonyl (C=O) groups excluding carboxylic acids is 1. The molecule has 0 fully saturated rings. The van der Waals surface area contributed by atoms with Crippen molar-refractivity contribution in [3.8, 4) is 0 Å². The number of carbonyl (C=O) groups is 1. The summed E-state index contributed by atoms with van der Waals surface area (Å²) < 4.78 is 0. The zero-order valence-corrected chi connectivity index (χ0v) is 18.7. The molecule has 4 nitrogen and oxygen atoms in total. The summed E-state index contributed by atoms with van der Waals surface area (Å²) in [5, 5.41) is 4.38. The highest BCUT2D eigenvalue weighted by atomic mass is 35.5. The smallest absolute Gasteiger partial charge is 0.247 e. The third-order valence-corrected chi connectivity index (χ3v) is 5.73. The molecule has 1 amide bonds. The van der Waals surface area contributed by atoms with E-state index < -0.39 is 6.04 Å². The highest BCUT2D eigenvalue weighted by Crippen LogP contribution is 2.39. The number of nitrogens with zero attached hydrogens (tertiary/aromatic N) is 2. The summed E-state index contributed by atoms with van der Waals surface area (Å²) in [5.74, 6) is 0.630. The summed E-state index contributed by atoms with van der Waals surface area (Å²) in [6.07, 6.45) is 1.94. The standard InChI is InChI=1S/C25H23Cl2N3O/c1-2-3-16-28-25(31)23-21-6-4-5-7-22(21)29-24(17-8-10-18(26)11-9-17)30(23)20-14-12-19(27)13-15-20/h4-15,23H,2-3,16H2,1H3,(H,28,31). The Kier molecular flexibility index (Phi) is 6.59. The number of nitrogens with one attached hydrogen (secondary N) is 1.